The lowest BCUT2D eigenvalue weighted by Gasteiger charge is -2.00. The maximum Gasteiger partial charge on any atom is 0.306 e. The van der Waals surface area contributed by atoms with Crippen LogP contribution in [0.4, 0.5) is 0 Å². The van der Waals surface area contributed by atoms with Crippen LogP contribution in [0.2, 0.25) is 0 Å². The molecule has 0 aliphatic carbocycles. The van der Waals surface area contributed by atoms with Crippen LogP contribution in [-0.4, -0.2) is 11.1 Å². The highest BCUT2D eigenvalue weighted by Crippen LogP contribution is 2.03. The Morgan fingerprint density at radius 1 is 2.00 bits per heavy atom. The van der Waals surface area contributed by atoms with Crippen molar-refractivity contribution in [3.8, 4) is 0 Å². The molecule has 8 heavy (non-hydrogen) atoms. The Bertz CT molecular complexity index is 110. The van der Waals surface area contributed by atoms with Gasteiger partial charge in [-0.25, -0.2) is 0 Å². The Kier molecular flexibility index (Phi) is 2.43. The van der Waals surface area contributed by atoms with Gasteiger partial charge in [0.05, 0.1) is 5.89 Å². The van der Waals surface area contributed by atoms with Crippen molar-refractivity contribution in [2.75, 3.05) is 0 Å². The summed E-state index contributed by atoms with van der Waals surface area (Å²) in [7, 11) is 0. The molecule has 0 aromatic carbocycles. The summed E-state index contributed by atoms with van der Waals surface area (Å²) in [6, 6.07) is 0. The molecule has 0 aromatic heterocycles. The minimum absolute atomic E-state index is 0.419. The molecule has 48 valence electrons. The molecule has 1 atom stereocenters. The van der Waals surface area contributed by atoms with Gasteiger partial charge in [0.25, 0.3) is 0 Å². The van der Waals surface area contributed by atoms with Crippen molar-refractivity contribution in [3.05, 3.63) is 0 Å². The zero-order chi connectivity index (χ0) is 7.49. The molecule has 0 saturated carbocycles. The Labute approximate surface area is 50.9 Å². The molecule has 0 fully saturated rings. The zero-order valence-corrected chi connectivity index (χ0v) is 5.27. The highest BCUT2D eigenvalue weighted by atomic mass is 16.4. The van der Waals surface area contributed by atoms with Crippen LogP contribution in [0.15, 0.2) is 0 Å². The van der Waals surface area contributed by atoms with Crippen LogP contribution in [0.25, 0.3) is 0 Å². The van der Waals surface area contributed by atoms with Gasteiger partial charge in [-0.3, -0.25) is 4.79 Å². The molecule has 0 heterocycles. The summed E-state index contributed by atoms with van der Waals surface area (Å²) in [5.41, 5.74) is 0. The molecule has 0 saturated heterocycles. The van der Waals surface area contributed by atoms with E-state index in [4.69, 9.17) is 6.48 Å². The first-order valence-electron chi connectivity index (χ1n) is 3.24. The molecule has 0 amide bonds. The van der Waals surface area contributed by atoms with E-state index in [1.807, 2.05) is 6.92 Å². The summed E-state index contributed by atoms with van der Waals surface area (Å²) in [5, 5.41) is 8.38. The number of aliphatic carboxylic acids is 1. The lowest BCUT2D eigenvalue weighted by molar-refractivity contribution is -0.141. The molecule has 0 aromatic rings. The fraction of sp³-hybridized carbons (Fsp3) is 0.833. The van der Waals surface area contributed by atoms with Gasteiger partial charge >= 0.3 is 5.97 Å². The van der Waals surface area contributed by atoms with Crippen molar-refractivity contribution in [1.29, 1.82) is 0 Å². The van der Waals surface area contributed by atoms with Crippen LogP contribution in [0.5, 0.6) is 0 Å². The summed E-state index contributed by atoms with van der Waals surface area (Å²) >= 11 is 0. The molecule has 0 unspecified atom stereocenters. The number of rotatable bonds is 3. The van der Waals surface area contributed by atoms with E-state index in [1.54, 1.807) is 0 Å². The van der Waals surface area contributed by atoms with E-state index in [0.29, 0.717) is 6.42 Å². The van der Waals surface area contributed by atoms with Gasteiger partial charge in [-0.15, -0.1) is 0 Å². The first kappa shape index (κ1) is 5.60. The molecular formula is C6H12O2. The summed E-state index contributed by atoms with van der Waals surface area (Å²) in [5.74, 6) is -2.32. The van der Waals surface area contributed by atoms with Gasteiger partial charge in [-0.2, -0.15) is 0 Å². The second kappa shape index (κ2) is 3.47. The maximum absolute atomic E-state index is 10.2. The third kappa shape index (κ3) is 2.61. The van der Waals surface area contributed by atoms with Crippen molar-refractivity contribution in [1.82, 2.24) is 0 Å². The topological polar surface area (TPSA) is 37.3 Å². The molecule has 1 N–H and O–H groups in total. The largest absolute Gasteiger partial charge is 0.481 e. The molecular weight excluding hydrogens is 104 g/mol. The molecule has 0 rings (SSSR count). The van der Waals surface area contributed by atoms with Crippen LogP contribution >= 0.6 is 0 Å². The van der Waals surface area contributed by atoms with Crippen LogP contribution in [0.1, 0.15) is 28.1 Å². The molecule has 0 radical (unpaired) electrons. The Hall–Kier alpha value is -0.530. The lowest BCUT2D eigenvalue weighted by atomic mass is 10.1. The molecule has 2 nitrogen and oxygen atoms in total. The van der Waals surface area contributed by atoms with Gasteiger partial charge in [0.1, 0.15) is 0 Å². The smallest absolute Gasteiger partial charge is 0.306 e. The van der Waals surface area contributed by atoms with Gasteiger partial charge < -0.3 is 5.11 Å². The normalized spacial score (nSPS) is 19.0. The van der Waals surface area contributed by atoms with Crippen molar-refractivity contribution in [2.45, 2.75) is 26.7 Å². The van der Waals surface area contributed by atoms with Crippen LogP contribution in [0.3, 0.4) is 0 Å². The van der Waals surface area contributed by atoms with Crippen LogP contribution in [-0.2, 0) is 4.79 Å². The van der Waals surface area contributed by atoms with Gasteiger partial charge in [-0.1, -0.05) is 20.3 Å². The highest BCUT2D eigenvalue weighted by molar-refractivity contribution is 5.69. The van der Waals surface area contributed by atoms with E-state index >= 15 is 0 Å². The lowest BCUT2D eigenvalue weighted by Crippen LogP contribution is -2.08. The third-order valence-corrected chi connectivity index (χ3v) is 0.990. The van der Waals surface area contributed by atoms with Crippen molar-refractivity contribution in [2.24, 2.45) is 5.89 Å². The second-order valence-corrected chi connectivity index (χ2v) is 1.84. The molecule has 0 spiro atoms. The Morgan fingerprint density at radius 2 is 2.50 bits per heavy atom. The van der Waals surface area contributed by atoms with Crippen molar-refractivity contribution in [3.63, 3.8) is 0 Å². The third-order valence-electron chi connectivity index (χ3n) is 0.990. The fourth-order valence-corrected chi connectivity index (χ4v) is 0.482. The van der Waals surface area contributed by atoms with Gasteiger partial charge in [0.2, 0.25) is 0 Å². The summed E-state index contributed by atoms with van der Waals surface area (Å²) in [6.45, 7) is 3.29. The van der Waals surface area contributed by atoms with Gasteiger partial charge in [-0.05, 0) is 6.42 Å². The van der Waals surface area contributed by atoms with Crippen LogP contribution in [0, 0.1) is 5.89 Å². The minimum atomic E-state index is -1.28. The molecule has 0 aliphatic heterocycles. The van der Waals surface area contributed by atoms with Crippen molar-refractivity contribution < 1.29 is 11.3 Å². The van der Waals surface area contributed by atoms with E-state index in [2.05, 4.69) is 0 Å². The first-order chi connectivity index (χ1) is 4.00. The number of carboxylic acid groups (broad SMARTS) is 1. The first-order valence-corrected chi connectivity index (χ1v) is 2.74. The number of carbonyl (C=O) groups is 1. The number of hydrogen-bond donors (Lipinski definition) is 1. The predicted molar refractivity (Wildman–Crippen MR) is 31.7 cm³/mol. The Morgan fingerprint density at radius 3 is 2.62 bits per heavy atom. The second-order valence-electron chi connectivity index (χ2n) is 1.84. The predicted octanol–water partition coefficient (Wildman–Crippen LogP) is 1.51. The van der Waals surface area contributed by atoms with E-state index < -0.39 is 11.9 Å². The van der Waals surface area contributed by atoms with Gasteiger partial charge in [0, 0.05) is 1.37 Å². The quantitative estimate of drug-likeness (QED) is 0.608. The van der Waals surface area contributed by atoms with E-state index in [1.165, 1.54) is 6.92 Å². The van der Waals surface area contributed by atoms with Gasteiger partial charge in [0.15, 0.2) is 0 Å². The summed E-state index contributed by atoms with van der Waals surface area (Å²) < 4.78 is 7.18. The number of hydrogen-bond acceptors (Lipinski definition) is 1. The Balaban J connectivity index is 3.85. The zero-order valence-electron chi connectivity index (χ0n) is 6.27. The van der Waals surface area contributed by atoms with Crippen LogP contribution < -0.4 is 0 Å². The van der Waals surface area contributed by atoms with E-state index in [0.717, 1.165) is 6.42 Å². The molecule has 0 aliphatic rings. The van der Waals surface area contributed by atoms with E-state index in [9.17, 15) is 4.79 Å². The molecule has 2 heteroatoms. The fourth-order valence-electron chi connectivity index (χ4n) is 0.482. The number of carboxylic acids is 1. The minimum Gasteiger partial charge on any atom is -0.481 e. The average Bonchev–Trinajstić information content (AvgIpc) is 1.65. The standard InChI is InChI=1S/C6H12O2/c1-3-4-5(2)6(7)8/h5H,3-4H2,1-2H3,(H,7,8)/t5-/m0/s1/i5D. The van der Waals surface area contributed by atoms with E-state index in [-0.39, 0.29) is 0 Å². The summed E-state index contributed by atoms with van der Waals surface area (Å²) in [6.07, 6.45) is 1.16. The maximum atomic E-state index is 10.2. The highest BCUT2D eigenvalue weighted by Gasteiger charge is 2.07. The average molecular weight is 117 g/mol. The van der Waals surface area contributed by atoms with Crippen molar-refractivity contribution >= 4 is 5.97 Å². The molecule has 0 bridgehead atoms. The monoisotopic (exact) mass is 117 g/mol. The SMILES string of the molecule is [2H][C@](C)(CCC)C(=O)O. The summed E-state index contributed by atoms with van der Waals surface area (Å²) in [4.78, 5) is 10.2.